The zero-order chi connectivity index (χ0) is 13.1. The first kappa shape index (κ1) is 14.4. The van der Waals surface area contributed by atoms with Crippen LogP contribution < -0.4 is 5.32 Å². The van der Waals surface area contributed by atoms with Gasteiger partial charge in [0.05, 0.1) is 0 Å². The Morgan fingerprint density at radius 2 is 1.44 bits per heavy atom. The molecule has 1 N–H and O–H groups in total. The third kappa shape index (κ3) is 3.50. The Balaban J connectivity index is 1.99. The smallest absolute Gasteiger partial charge is 0.0124 e. The van der Waals surface area contributed by atoms with E-state index in [2.05, 4.69) is 33.0 Å². The molecule has 106 valence electrons. The molecule has 0 amide bonds. The SMILES string of the molecule is CCNC(C1CCC(C)C1)C1CC(C)CC(C)C1. The number of hydrogen-bond donors (Lipinski definition) is 1. The molecular formula is C17H33N. The first-order valence-corrected chi connectivity index (χ1v) is 8.33. The van der Waals surface area contributed by atoms with Crippen molar-refractivity contribution in [3.05, 3.63) is 0 Å². The lowest BCUT2D eigenvalue weighted by Crippen LogP contribution is -2.44. The van der Waals surface area contributed by atoms with E-state index in [1.807, 2.05) is 0 Å². The van der Waals surface area contributed by atoms with E-state index in [-0.39, 0.29) is 0 Å². The van der Waals surface area contributed by atoms with Crippen LogP contribution in [0.1, 0.15) is 66.2 Å². The van der Waals surface area contributed by atoms with Crippen molar-refractivity contribution in [3.8, 4) is 0 Å². The molecule has 0 heterocycles. The monoisotopic (exact) mass is 251 g/mol. The molecule has 18 heavy (non-hydrogen) atoms. The highest BCUT2D eigenvalue weighted by Crippen LogP contribution is 2.41. The topological polar surface area (TPSA) is 12.0 Å². The van der Waals surface area contributed by atoms with Crippen LogP contribution in [-0.2, 0) is 0 Å². The van der Waals surface area contributed by atoms with Crippen LogP contribution in [-0.4, -0.2) is 12.6 Å². The summed E-state index contributed by atoms with van der Waals surface area (Å²) in [5.41, 5.74) is 0. The van der Waals surface area contributed by atoms with Gasteiger partial charge in [-0.15, -0.1) is 0 Å². The van der Waals surface area contributed by atoms with Crippen molar-refractivity contribution in [2.24, 2.45) is 29.6 Å². The minimum Gasteiger partial charge on any atom is -0.314 e. The molecule has 0 aromatic rings. The predicted octanol–water partition coefficient (Wildman–Crippen LogP) is 4.47. The molecule has 2 aliphatic rings. The van der Waals surface area contributed by atoms with Crippen molar-refractivity contribution in [2.75, 3.05) is 6.54 Å². The number of rotatable bonds is 4. The van der Waals surface area contributed by atoms with Crippen LogP contribution in [0.2, 0.25) is 0 Å². The van der Waals surface area contributed by atoms with Crippen LogP contribution in [0.3, 0.4) is 0 Å². The summed E-state index contributed by atoms with van der Waals surface area (Å²) in [6.45, 7) is 10.8. The molecule has 1 nitrogen and oxygen atoms in total. The summed E-state index contributed by atoms with van der Waals surface area (Å²) in [5, 5.41) is 3.86. The zero-order valence-electron chi connectivity index (χ0n) is 12.9. The molecule has 2 saturated carbocycles. The van der Waals surface area contributed by atoms with E-state index in [1.165, 1.54) is 38.5 Å². The van der Waals surface area contributed by atoms with Crippen LogP contribution in [0, 0.1) is 29.6 Å². The predicted molar refractivity (Wildman–Crippen MR) is 79.6 cm³/mol. The Kier molecular flexibility index (Phi) is 5.12. The van der Waals surface area contributed by atoms with Crippen molar-refractivity contribution in [3.63, 3.8) is 0 Å². The van der Waals surface area contributed by atoms with Crippen molar-refractivity contribution >= 4 is 0 Å². The Morgan fingerprint density at radius 1 is 0.833 bits per heavy atom. The van der Waals surface area contributed by atoms with E-state index in [9.17, 15) is 0 Å². The van der Waals surface area contributed by atoms with Crippen molar-refractivity contribution in [1.82, 2.24) is 5.32 Å². The van der Waals surface area contributed by atoms with Crippen LogP contribution in [0.15, 0.2) is 0 Å². The Labute approximate surface area is 114 Å². The molecule has 2 rings (SSSR count). The van der Waals surface area contributed by atoms with E-state index in [0.29, 0.717) is 0 Å². The molecule has 5 unspecified atom stereocenters. The second-order valence-corrected chi connectivity index (χ2v) is 7.44. The lowest BCUT2D eigenvalue weighted by atomic mass is 9.70. The molecular weight excluding hydrogens is 218 g/mol. The minimum atomic E-state index is 0.810. The summed E-state index contributed by atoms with van der Waals surface area (Å²) in [4.78, 5) is 0. The Morgan fingerprint density at radius 3 is 1.94 bits per heavy atom. The van der Waals surface area contributed by atoms with Crippen molar-refractivity contribution in [2.45, 2.75) is 72.3 Å². The van der Waals surface area contributed by atoms with E-state index in [4.69, 9.17) is 0 Å². The zero-order valence-corrected chi connectivity index (χ0v) is 12.9. The highest BCUT2D eigenvalue weighted by molar-refractivity contribution is 4.90. The van der Waals surface area contributed by atoms with Gasteiger partial charge in [0.25, 0.3) is 0 Å². The fraction of sp³-hybridized carbons (Fsp3) is 1.00. The van der Waals surface area contributed by atoms with Gasteiger partial charge in [-0.25, -0.2) is 0 Å². The largest absolute Gasteiger partial charge is 0.314 e. The summed E-state index contributed by atoms with van der Waals surface area (Å²) in [6, 6.07) is 0.810. The lowest BCUT2D eigenvalue weighted by Gasteiger charge is -2.39. The van der Waals surface area contributed by atoms with Gasteiger partial charge in [-0.1, -0.05) is 34.1 Å². The van der Waals surface area contributed by atoms with Crippen molar-refractivity contribution < 1.29 is 0 Å². The fourth-order valence-electron chi connectivity index (χ4n) is 4.83. The normalized spacial score (nSPS) is 43.0. The maximum atomic E-state index is 3.86. The molecule has 0 aromatic carbocycles. The third-order valence-corrected chi connectivity index (χ3v) is 5.41. The molecule has 0 aliphatic heterocycles. The second kappa shape index (κ2) is 6.41. The molecule has 0 aromatic heterocycles. The van der Waals surface area contributed by atoms with E-state index >= 15 is 0 Å². The van der Waals surface area contributed by atoms with Gasteiger partial charge in [-0.2, -0.15) is 0 Å². The molecule has 0 spiro atoms. The van der Waals surface area contributed by atoms with E-state index in [1.54, 1.807) is 0 Å². The minimum absolute atomic E-state index is 0.810. The molecule has 5 atom stereocenters. The molecule has 2 fully saturated rings. The summed E-state index contributed by atoms with van der Waals surface area (Å²) < 4.78 is 0. The van der Waals surface area contributed by atoms with E-state index in [0.717, 1.165) is 42.2 Å². The first-order valence-electron chi connectivity index (χ1n) is 8.33. The highest BCUT2D eigenvalue weighted by atomic mass is 14.9. The second-order valence-electron chi connectivity index (χ2n) is 7.44. The van der Waals surface area contributed by atoms with Crippen LogP contribution in [0.4, 0.5) is 0 Å². The van der Waals surface area contributed by atoms with Crippen molar-refractivity contribution in [1.29, 1.82) is 0 Å². The maximum Gasteiger partial charge on any atom is 0.0124 e. The summed E-state index contributed by atoms with van der Waals surface area (Å²) in [7, 11) is 0. The van der Waals surface area contributed by atoms with Crippen LogP contribution in [0.25, 0.3) is 0 Å². The molecule has 0 bridgehead atoms. The summed E-state index contributed by atoms with van der Waals surface area (Å²) in [6.07, 6.45) is 8.79. The van der Waals surface area contributed by atoms with Gasteiger partial charge in [-0.05, 0) is 68.2 Å². The highest BCUT2D eigenvalue weighted by Gasteiger charge is 2.36. The number of nitrogens with one attached hydrogen (secondary N) is 1. The van der Waals surface area contributed by atoms with Crippen LogP contribution in [0.5, 0.6) is 0 Å². The van der Waals surface area contributed by atoms with Gasteiger partial charge < -0.3 is 5.32 Å². The first-order chi connectivity index (χ1) is 8.60. The van der Waals surface area contributed by atoms with E-state index < -0.39 is 0 Å². The molecule has 0 radical (unpaired) electrons. The van der Waals surface area contributed by atoms with Gasteiger partial charge in [0.2, 0.25) is 0 Å². The number of hydrogen-bond acceptors (Lipinski definition) is 1. The fourth-order valence-corrected chi connectivity index (χ4v) is 4.83. The summed E-state index contributed by atoms with van der Waals surface area (Å²) >= 11 is 0. The maximum absolute atomic E-state index is 3.86. The third-order valence-electron chi connectivity index (χ3n) is 5.41. The Bertz CT molecular complexity index is 240. The lowest BCUT2D eigenvalue weighted by molar-refractivity contribution is 0.144. The Hall–Kier alpha value is -0.0400. The van der Waals surface area contributed by atoms with Gasteiger partial charge in [0, 0.05) is 6.04 Å². The van der Waals surface area contributed by atoms with Gasteiger partial charge >= 0.3 is 0 Å². The molecule has 0 saturated heterocycles. The average molecular weight is 251 g/mol. The molecule has 1 heteroatoms. The summed E-state index contributed by atoms with van der Waals surface area (Å²) in [5.74, 6) is 4.76. The van der Waals surface area contributed by atoms with Crippen LogP contribution >= 0.6 is 0 Å². The molecule has 2 aliphatic carbocycles. The van der Waals surface area contributed by atoms with Gasteiger partial charge in [-0.3, -0.25) is 0 Å². The quantitative estimate of drug-likeness (QED) is 0.777. The average Bonchev–Trinajstić information content (AvgIpc) is 2.71. The van der Waals surface area contributed by atoms with Gasteiger partial charge in [0.15, 0.2) is 0 Å². The van der Waals surface area contributed by atoms with Gasteiger partial charge in [0.1, 0.15) is 0 Å². The standard InChI is InChI=1S/C17H33N/c1-5-18-17(15-7-6-12(2)9-15)16-10-13(3)8-14(4)11-16/h12-18H,5-11H2,1-4H3.